The van der Waals surface area contributed by atoms with Crippen LogP contribution in [0.3, 0.4) is 0 Å². The third-order valence-corrected chi connectivity index (χ3v) is 5.67. The zero-order valence-electron chi connectivity index (χ0n) is 13.3. The van der Waals surface area contributed by atoms with Gasteiger partial charge in [0.05, 0.1) is 5.39 Å². The molecule has 5 heteroatoms. The first-order valence-corrected chi connectivity index (χ1v) is 9.59. The average molecular weight is 352 g/mol. The predicted molar refractivity (Wildman–Crippen MR) is 104 cm³/mol. The van der Waals surface area contributed by atoms with Gasteiger partial charge in [-0.25, -0.2) is 9.97 Å². The maximum atomic E-state index is 4.79. The van der Waals surface area contributed by atoms with Crippen molar-refractivity contribution in [2.75, 3.05) is 11.9 Å². The van der Waals surface area contributed by atoms with Crippen molar-refractivity contribution < 1.29 is 0 Å². The van der Waals surface area contributed by atoms with Gasteiger partial charge in [0.25, 0.3) is 0 Å². The highest BCUT2D eigenvalue weighted by Gasteiger charge is 2.11. The second-order valence-electron chi connectivity index (χ2n) is 5.59. The smallest absolute Gasteiger partial charge is 0.163 e. The van der Waals surface area contributed by atoms with Gasteiger partial charge in [-0.2, -0.15) is 0 Å². The van der Waals surface area contributed by atoms with E-state index in [0.29, 0.717) is 0 Å². The number of rotatable bonds is 5. The molecule has 0 aliphatic rings. The van der Waals surface area contributed by atoms with Crippen LogP contribution in [0.4, 0.5) is 5.82 Å². The molecule has 4 rings (SSSR count). The molecule has 0 fully saturated rings. The zero-order valence-corrected chi connectivity index (χ0v) is 15.0. The average Bonchev–Trinajstić information content (AvgIpc) is 3.24. The lowest BCUT2D eigenvalue weighted by molar-refractivity contribution is 1.03. The Labute approximate surface area is 149 Å². The molecular weight excluding hydrogens is 334 g/mol. The van der Waals surface area contributed by atoms with Gasteiger partial charge in [-0.05, 0) is 30.9 Å². The van der Waals surface area contributed by atoms with Crippen molar-refractivity contribution in [1.29, 1.82) is 0 Å². The van der Waals surface area contributed by atoms with E-state index in [1.165, 1.54) is 9.75 Å². The first kappa shape index (κ1) is 15.3. The number of nitrogens with one attached hydrogen (secondary N) is 1. The van der Waals surface area contributed by atoms with Crippen molar-refractivity contribution in [2.24, 2.45) is 0 Å². The Morgan fingerprint density at radius 2 is 1.92 bits per heavy atom. The van der Waals surface area contributed by atoms with E-state index >= 15 is 0 Å². The molecule has 0 saturated heterocycles. The second-order valence-corrected chi connectivity index (χ2v) is 7.86. The van der Waals surface area contributed by atoms with Crippen molar-refractivity contribution in [3.05, 3.63) is 63.7 Å². The Hall–Kier alpha value is -2.24. The lowest BCUT2D eigenvalue weighted by Crippen LogP contribution is -2.07. The van der Waals surface area contributed by atoms with Crippen molar-refractivity contribution >= 4 is 38.7 Å². The van der Waals surface area contributed by atoms with Gasteiger partial charge in [-0.3, -0.25) is 0 Å². The largest absolute Gasteiger partial charge is 0.369 e. The maximum absolute atomic E-state index is 4.79. The van der Waals surface area contributed by atoms with Crippen LogP contribution in [0.2, 0.25) is 0 Å². The van der Waals surface area contributed by atoms with Gasteiger partial charge in [0, 0.05) is 21.9 Å². The number of nitrogens with zero attached hydrogens (tertiary/aromatic N) is 2. The van der Waals surface area contributed by atoms with E-state index < -0.39 is 0 Å². The van der Waals surface area contributed by atoms with Crippen LogP contribution in [0.15, 0.2) is 53.9 Å². The molecule has 1 N–H and O–H groups in total. The van der Waals surface area contributed by atoms with Gasteiger partial charge in [0.2, 0.25) is 0 Å². The Bertz CT molecular complexity index is 944. The Morgan fingerprint density at radius 1 is 1.04 bits per heavy atom. The molecule has 3 aromatic heterocycles. The predicted octanol–water partition coefficient (Wildman–Crippen LogP) is 5.38. The number of aromatic nitrogens is 2. The lowest BCUT2D eigenvalue weighted by atomic mass is 10.2. The monoisotopic (exact) mass is 351 g/mol. The summed E-state index contributed by atoms with van der Waals surface area (Å²) in [6.45, 7) is 2.99. The van der Waals surface area contributed by atoms with Gasteiger partial charge in [-0.1, -0.05) is 36.4 Å². The number of anilines is 1. The molecule has 0 atom stereocenters. The fraction of sp³-hybridized carbons (Fsp3) is 0.158. The standard InChI is InChI=1S/C19H17N3S2/c1-13-12-16-18(20-10-9-15-8-5-11-23-15)21-17(22-19(16)24-13)14-6-3-2-4-7-14/h2-8,11-12H,9-10H2,1H3,(H,20,21,22). The van der Waals surface area contributed by atoms with Crippen LogP contribution < -0.4 is 5.32 Å². The first-order valence-electron chi connectivity index (χ1n) is 7.89. The van der Waals surface area contributed by atoms with Gasteiger partial charge < -0.3 is 5.32 Å². The van der Waals surface area contributed by atoms with Crippen molar-refractivity contribution in [2.45, 2.75) is 13.3 Å². The van der Waals surface area contributed by atoms with Crippen molar-refractivity contribution in [3.63, 3.8) is 0 Å². The Kier molecular flexibility index (Phi) is 4.28. The highest BCUT2D eigenvalue weighted by atomic mass is 32.1. The minimum absolute atomic E-state index is 0.781. The van der Waals surface area contributed by atoms with Crippen LogP contribution in [0, 0.1) is 6.92 Å². The number of thiophene rings is 2. The fourth-order valence-electron chi connectivity index (χ4n) is 2.65. The zero-order chi connectivity index (χ0) is 16.4. The molecule has 4 aromatic rings. The van der Waals surface area contributed by atoms with E-state index in [1.807, 2.05) is 18.2 Å². The number of benzene rings is 1. The third kappa shape index (κ3) is 3.18. The normalized spacial score (nSPS) is 11.0. The second kappa shape index (κ2) is 6.71. The van der Waals surface area contributed by atoms with Crippen LogP contribution >= 0.6 is 22.7 Å². The molecule has 120 valence electrons. The molecule has 0 amide bonds. The molecular formula is C19H17N3S2. The van der Waals surface area contributed by atoms with E-state index in [0.717, 1.165) is 40.4 Å². The van der Waals surface area contributed by atoms with E-state index in [1.54, 1.807) is 22.7 Å². The van der Waals surface area contributed by atoms with Crippen LogP contribution in [0.5, 0.6) is 0 Å². The van der Waals surface area contributed by atoms with Crippen LogP contribution in [0.25, 0.3) is 21.6 Å². The maximum Gasteiger partial charge on any atom is 0.163 e. The summed E-state index contributed by atoms with van der Waals surface area (Å²) in [5.41, 5.74) is 1.05. The van der Waals surface area contributed by atoms with Crippen LogP contribution in [-0.2, 0) is 6.42 Å². The summed E-state index contributed by atoms with van der Waals surface area (Å²) in [5, 5.41) is 6.74. The van der Waals surface area contributed by atoms with Gasteiger partial charge >= 0.3 is 0 Å². The summed E-state index contributed by atoms with van der Waals surface area (Å²) >= 11 is 3.51. The molecule has 3 nitrogen and oxygen atoms in total. The molecule has 0 aliphatic heterocycles. The minimum Gasteiger partial charge on any atom is -0.369 e. The molecule has 3 heterocycles. The third-order valence-electron chi connectivity index (χ3n) is 3.79. The summed E-state index contributed by atoms with van der Waals surface area (Å²) in [6.07, 6.45) is 1.01. The van der Waals surface area contributed by atoms with E-state index in [2.05, 4.69) is 48.0 Å². The van der Waals surface area contributed by atoms with E-state index in [9.17, 15) is 0 Å². The van der Waals surface area contributed by atoms with E-state index in [4.69, 9.17) is 9.97 Å². The highest BCUT2D eigenvalue weighted by Crippen LogP contribution is 2.31. The summed E-state index contributed by atoms with van der Waals surface area (Å²) < 4.78 is 0. The number of aryl methyl sites for hydroxylation is 1. The Balaban J connectivity index is 1.67. The fourth-order valence-corrected chi connectivity index (χ4v) is 4.24. The topological polar surface area (TPSA) is 37.8 Å². The summed E-state index contributed by atoms with van der Waals surface area (Å²) in [5.74, 6) is 1.71. The number of fused-ring (bicyclic) bond motifs is 1. The van der Waals surface area contributed by atoms with Crippen molar-refractivity contribution in [1.82, 2.24) is 9.97 Å². The summed E-state index contributed by atoms with van der Waals surface area (Å²) in [4.78, 5) is 13.2. The SMILES string of the molecule is Cc1cc2c(NCCc3cccs3)nc(-c3ccccc3)nc2s1. The van der Waals surface area contributed by atoms with Gasteiger partial charge in [0.15, 0.2) is 5.82 Å². The minimum atomic E-state index is 0.781. The molecule has 0 unspecified atom stereocenters. The van der Waals surface area contributed by atoms with Crippen molar-refractivity contribution in [3.8, 4) is 11.4 Å². The molecule has 0 bridgehead atoms. The Morgan fingerprint density at radius 3 is 2.71 bits per heavy atom. The first-order chi connectivity index (χ1) is 11.8. The summed E-state index contributed by atoms with van der Waals surface area (Å²) in [7, 11) is 0. The van der Waals surface area contributed by atoms with Crippen LogP contribution in [-0.4, -0.2) is 16.5 Å². The van der Waals surface area contributed by atoms with Gasteiger partial charge in [0.1, 0.15) is 10.6 Å². The lowest BCUT2D eigenvalue weighted by Gasteiger charge is -2.08. The molecule has 24 heavy (non-hydrogen) atoms. The quantitative estimate of drug-likeness (QED) is 0.524. The number of hydrogen-bond acceptors (Lipinski definition) is 5. The molecule has 0 aliphatic carbocycles. The van der Waals surface area contributed by atoms with Gasteiger partial charge in [-0.15, -0.1) is 22.7 Å². The summed E-state index contributed by atoms with van der Waals surface area (Å²) in [6, 6.07) is 16.6. The van der Waals surface area contributed by atoms with Crippen LogP contribution in [0.1, 0.15) is 9.75 Å². The molecule has 0 radical (unpaired) electrons. The molecule has 0 spiro atoms. The van der Waals surface area contributed by atoms with E-state index in [-0.39, 0.29) is 0 Å². The number of hydrogen-bond donors (Lipinski definition) is 1. The highest BCUT2D eigenvalue weighted by molar-refractivity contribution is 7.18. The molecule has 0 saturated carbocycles. The molecule has 1 aromatic carbocycles.